The highest BCUT2D eigenvalue weighted by molar-refractivity contribution is 8.01. The van der Waals surface area contributed by atoms with E-state index in [0.29, 0.717) is 11.4 Å². The Hall–Kier alpha value is -1.50. The second-order valence-electron chi connectivity index (χ2n) is 5.83. The fourth-order valence-electron chi connectivity index (χ4n) is 2.83. The molecule has 0 aromatic heterocycles. The first-order chi connectivity index (χ1) is 11.4. The van der Waals surface area contributed by atoms with Crippen LogP contribution in [0.25, 0.3) is 0 Å². The van der Waals surface area contributed by atoms with Gasteiger partial charge in [-0.25, -0.2) is 8.42 Å². The SMILES string of the molecule is COc1ccccc1[C@H]1SCCN1S(=O)(=O)c1ccc(C)c(C)c1. The molecule has 2 aromatic rings. The second-order valence-corrected chi connectivity index (χ2v) is 8.91. The summed E-state index contributed by atoms with van der Waals surface area (Å²) in [6.07, 6.45) is 0. The Labute approximate surface area is 147 Å². The van der Waals surface area contributed by atoms with E-state index < -0.39 is 10.0 Å². The third-order valence-corrected chi connectivity index (χ3v) is 7.58. The summed E-state index contributed by atoms with van der Waals surface area (Å²) < 4.78 is 33.3. The van der Waals surface area contributed by atoms with Crippen molar-refractivity contribution in [2.75, 3.05) is 19.4 Å². The van der Waals surface area contributed by atoms with Gasteiger partial charge in [0.2, 0.25) is 10.0 Å². The minimum atomic E-state index is -3.54. The van der Waals surface area contributed by atoms with Crippen LogP contribution >= 0.6 is 11.8 Å². The van der Waals surface area contributed by atoms with Crippen molar-refractivity contribution in [1.82, 2.24) is 4.31 Å². The third-order valence-electron chi connectivity index (χ3n) is 4.34. The molecule has 128 valence electrons. The fraction of sp³-hybridized carbons (Fsp3) is 0.333. The summed E-state index contributed by atoms with van der Waals surface area (Å²) in [5.41, 5.74) is 2.97. The van der Waals surface area contributed by atoms with Crippen LogP contribution < -0.4 is 4.74 Å². The maximum absolute atomic E-state index is 13.2. The highest BCUT2D eigenvalue weighted by atomic mass is 32.2. The molecule has 0 N–H and O–H groups in total. The number of thioether (sulfide) groups is 1. The highest BCUT2D eigenvalue weighted by Crippen LogP contribution is 2.44. The van der Waals surface area contributed by atoms with Crippen LogP contribution in [0.2, 0.25) is 0 Å². The maximum atomic E-state index is 13.2. The minimum Gasteiger partial charge on any atom is -0.496 e. The van der Waals surface area contributed by atoms with Crippen molar-refractivity contribution in [2.24, 2.45) is 0 Å². The summed E-state index contributed by atoms with van der Waals surface area (Å²) in [7, 11) is -1.93. The molecule has 1 heterocycles. The smallest absolute Gasteiger partial charge is 0.244 e. The average Bonchev–Trinajstić information content (AvgIpc) is 3.07. The Balaban J connectivity index is 2.02. The molecule has 0 amide bonds. The Kier molecular flexibility index (Phi) is 4.90. The van der Waals surface area contributed by atoms with E-state index in [4.69, 9.17) is 4.74 Å². The molecule has 1 saturated heterocycles. The summed E-state index contributed by atoms with van der Waals surface area (Å²) in [5.74, 6) is 1.49. The normalized spacial score (nSPS) is 18.7. The summed E-state index contributed by atoms with van der Waals surface area (Å²) in [6.45, 7) is 4.42. The summed E-state index contributed by atoms with van der Waals surface area (Å²) in [6, 6.07) is 12.9. The van der Waals surface area contributed by atoms with Gasteiger partial charge in [0.25, 0.3) is 0 Å². The summed E-state index contributed by atoms with van der Waals surface area (Å²) >= 11 is 1.63. The van der Waals surface area contributed by atoms with E-state index in [1.807, 2.05) is 44.2 Å². The first-order valence-corrected chi connectivity index (χ1v) is 10.3. The van der Waals surface area contributed by atoms with Gasteiger partial charge in [-0.2, -0.15) is 4.31 Å². The lowest BCUT2D eigenvalue weighted by Gasteiger charge is -2.25. The summed E-state index contributed by atoms with van der Waals surface area (Å²) in [4.78, 5) is 0.355. The Morgan fingerprint density at radius 2 is 1.88 bits per heavy atom. The molecule has 4 nitrogen and oxygen atoms in total. The number of rotatable bonds is 4. The van der Waals surface area contributed by atoms with Crippen LogP contribution in [0, 0.1) is 13.8 Å². The summed E-state index contributed by atoms with van der Waals surface area (Å²) in [5, 5.41) is -0.257. The van der Waals surface area contributed by atoms with Crippen molar-refractivity contribution in [3.63, 3.8) is 0 Å². The molecule has 0 aliphatic carbocycles. The van der Waals surface area contributed by atoms with Crippen LogP contribution in [0.1, 0.15) is 22.1 Å². The van der Waals surface area contributed by atoms with Gasteiger partial charge in [-0.1, -0.05) is 24.3 Å². The predicted octanol–water partition coefficient (Wildman–Crippen LogP) is 3.75. The van der Waals surface area contributed by atoms with E-state index in [0.717, 1.165) is 28.2 Å². The van der Waals surface area contributed by atoms with Crippen LogP contribution in [-0.4, -0.2) is 32.1 Å². The molecule has 1 atom stereocenters. The van der Waals surface area contributed by atoms with Gasteiger partial charge < -0.3 is 4.74 Å². The Bertz CT molecular complexity index is 849. The van der Waals surface area contributed by atoms with E-state index in [1.165, 1.54) is 0 Å². The van der Waals surface area contributed by atoms with E-state index in [-0.39, 0.29) is 5.37 Å². The lowest BCUT2D eigenvalue weighted by molar-refractivity contribution is 0.390. The van der Waals surface area contributed by atoms with Gasteiger partial charge in [0.1, 0.15) is 5.75 Å². The molecule has 3 rings (SSSR count). The monoisotopic (exact) mass is 363 g/mol. The molecule has 0 spiro atoms. The number of hydrogen-bond acceptors (Lipinski definition) is 4. The van der Waals surface area contributed by atoms with E-state index >= 15 is 0 Å². The molecule has 1 aliphatic rings. The van der Waals surface area contributed by atoms with Gasteiger partial charge in [-0.15, -0.1) is 11.8 Å². The Morgan fingerprint density at radius 1 is 1.12 bits per heavy atom. The van der Waals surface area contributed by atoms with E-state index in [1.54, 1.807) is 35.3 Å². The van der Waals surface area contributed by atoms with Crippen LogP contribution in [0.15, 0.2) is 47.4 Å². The number of para-hydroxylation sites is 1. The van der Waals surface area contributed by atoms with Crippen LogP contribution in [0.5, 0.6) is 5.75 Å². The number of benzene rings is 2. The number of sulfonamides is 1. The third kappa shape index (κ3) is 3.06. The largest absolute Gasteiger partial charge is 0.496 e. The maximum Gasteiger partial charge on any atom is 0.244 e. The molecular formula is C18H21NO3S2. The van der Waals surface area contributed by atoms with Gasteiger partial charge in [0.05, 0.1) is 17.4 Å². The van der Waals surface area contributed by atoms with Gasteiger partial charge in [0, 0.05) is 17.9 Å². The van der Waals surface area contributed by atoms with Gasteiger partial charge in [0.15, 0.2) is 0 Å². The number of aryl methyl sites for hydroxylation is 2. The Morgan fingerprint density at radius 3 is 2.58 bits per heavy atom. The highest BCUT2D eigenvalue weighted by Gasteiger charge is 2.38. The van der Waals surface area contributed by atoms with Crippen molar-refractivity contribution in [1.29, 1.82) is 0 Å². The van der Waals surface area contributed by atoms with Crippen molar-refractivity contribution < 1.29 is 13.2 Å². The standard InChI is InChI=1S/C18H21NO3S2/c1-13-8-9-15(12-14(13)2)24(20,21)19-10-11-23-18(19)16-6-4-5-7-17(16)22-3/h4-9,12,18H,10-11H2,1-3H3/t18-/m1/s1. The zero-order chi connectivity index (χ0) is 17.3. The molecule has 0 saturated carbocycles. The number of ether oxygens (including phenoxy) is 1. The fourth-order valence-corrected chi connectivity index (χ4v) is 6.17. The lowest BCUT2D eigenvalue weighted by atomic mass is 10.1. The van der Waals surface area contributed by atoms with Crippen molar-refractivity contribution in [3.05, 3.63) is 59.2 Å². The van der Waals surface area contributed by atoms with Crippen LogP contribution in [0.4, 0.5) is 0 Å². The average molecular weight is 364 g/mol. The minimum absolute atomic E-state index is 0.257. The number of hydrogen-bond donors (Lipinski definition) is 0. The molecule has 2 aromatic carbocycles. The van der Waals surface area contributed by atoms with Crippen LogP contribution in [0.3, 0.4) is 0 Å². The van der Waals surface area contributed by atoms with E-state index in [9.17, 15) is 8.42 Å². The molecule has 0 unspecified atom stereocenters. The van der Waals surface area contributed by atoms with Gasteiger partial charge in [-0.3, -0.25) is 0 Å². The predicted molar refractivity (Wildman–Crippen MR) is 98.0 cm³/mol. The molecule has 1 aliphatic heterocycles. The number of methoxy groups -OCH3 is 1. The molecular weight excluding hydrogens is 342 g/mol. The molecule has 1 fully saturated rings. The van der Waals surface area contributed by atoms with Crippen molar-refractivity contribution in [3.8, 4) is 5.75 Å². The zero-order valence-electron chi connectivity index (χ0n) is 14.0. The zero-order valence-corrected chi connectivity index (χ0v) is 15.7. The van der Waals surface area contributed by atoms with Gasteiger partial charge in [-0.05, 0) is 43.2 Å². The van der Waals surface area contributed by atoms with Crippen molar-refractivity contribution >= 4 is 21.8 Å². The first-order valence-electron chi connectivity index (χ1n) is 7.79. The number of nitrogens with zero attached hydrogens (tertiary/aromatic N) is 1. The van der Waals surface area contributed by atoms with Gasteiger partial charge >= 0.3 is 0 Å². The molecule has 0 bridgehead atoms. The quantitative estimate of drug-likeness (QED) is 0.830. The molecule has 24 heavy (non-hydrogen) atoms. The first kappa shape index (κ1) is 17.3. The van der Waals surface area contributed by atoms with Crippen molar-refractivity contribution in [2.45, 2.75) is 24.1 Å². The lowest BCUT2D eigenvalue weighted by Crippen LogP contribution is -2.30. The molecule has 6 heteroatoms. The van der Waals surface area contributed by atoms with Crippen LogP contribution in [-0.2, 0) is 10.0 Å². The van der Waals surface area contributed by atoms with E-state index in [2.05, 4.69) is 0 Å². The second kappa shape index (κ2) is 6.78. The molecule has 0 radical (unpaired) electrons. The topological polar surface area (TPSA) is 46.6 Å².